The summed E-state index contributed by atoms with van der Waals surface area (Å²) in [5.41, 5.74) is 7.66. The highest BCUT2D eigenvalue weighted by Gasteiger charge is 2.42. The molecule has 2 N–H and O–H groups in total. The van der Waals surface area contributed by atoms with Gasteiger partial charge >= 0.3 is 0 Å². The lowest BCUT2D eigenvalue weighted by Gasteiger charge is -2.38. The Morgan fingerprint density at radius 2 is 1.63 bits per heavy atom. The zero-order valence-corrected chi connectivity index (χ0v) is 31.8. The van der Waals surface area contributed by atoms with Gasteiger partial charge in [-0.15, -0.1) is 5.54 Å². The predicted molar refractivity (Wildman–Crippen MR) is 205 cm³/mol. The number of likely N-dealkylation sites (N-methyl/N-ethyl adjacent to an activating group) is 2. The quantitative estimate of drug-likeness (QED) is 0.121. The van der Waals surface area contributed by atoms with Gasteiger partial charge in [-0.3, -0.25) is 14.2 Å². The molecule has 260 valence electrons. The lowest BCUT2D eigenvalue weighted by molar-refractivity contribution is -0.114. The normalized spacial score (nSPS) is 11.7. The van der Waals surface area contributed by atoms with Crippen LogP contribution in [0.2, 0.25) is 16.6 Å². The van der Waals surface area contributed by atoms with Crippen LogP contribution < -0.4 is 25.8 Å². The Kier molecular flexibility index (Phi) is 11.9. The highest BCUT2D eigenvalue weighted by atomic mass is 28.3. The summed E-state index contributed by atoms with van der Waals surface area (Å²) in [5.74, 6) is 3.99. The molecule has 1 amide bonds. The van der Waals surface area contributed by atoms with Gasteiger partial charge in [-0.05, 0) is 55.0 Å². The van der Waals surface area contributed by atoms with E-state index in [1.807, 2.05) is 55.6 Å². The van der Waals surface area contributed by atoms with E-state index in [0.29, 0.717) is 50.3 Å². The number of nitrogens with zero attached hydrogens (tertiary/aromatic N) is 5. The zero-order chi connectivity index (χ0) is 36.0. The van der Waals surface area contributed by atoms with E-state index >= 15 is 0 Å². The molecule has 11 heteroatoms. The van der Waals surface area contributed by atoms with Crippen LogP contribution in [-0.2, 0) is 4.79 Å². The van der Waals surface area contributed by atoms with Gasteiger partial charge in [-0.25, -0.2) is 4.98 Å². The number of carbonyl (C=O) groups is 1. The van der Waals surface area contributed by atoms with Crippen molar-refractivity contribution in [1.29, 1.82) is 0 Å². The number of rotatable bonds is 12. The van der Waals surface area contributed by atoms with E-state index in [9.17, 15) is 9.59 Å². The van der Waals surface area contributed by atoms with E-state index in [1.165, 1.54) is 11.5 Å². The standard InChI is InChI=1S/C38H51N7O3Si/c1-25(2)49(26(3)4,27(5)6)22-19-31-32-24-39-38(41-33-18-17-30(23-34(33)48-11)44(10)21-20-43(8)9)42-36(32)45(29-15-13-12-14-16-29)37(47)35(31)40-28(7)46/h12-18,23-27H,20-21H2,1-11H3,(H,40,46)(H,39,41,42). The molecular weight excluding hydrogens is 631 g/mol. The first kappa shape index (κ1) is 37.2. The summed E-state index contributed by atoms with van der Waals surface area (Å²) in [6, 6.07) is 15.2. The second kappa shape index (κ2) is 15.7. The lowest BCUT2D eigenvalue weighted by Crippen LogP contribution is -2.43. The van der Waals surface area contributed by atoms with E-state index < -0.39 is 13.6 Å². The first-order valence-electron chi connectivity index (χ1n) is 16.8. The molecule has 0 aliphatic heterocycles. The number of carbonyl (C=O) groups excluding carboxylic acids is 1. The zero-order valence-electron chi connectivity index (χ0n) is 30.8. The Morgan fingerprint density at radius 3 is 2.20 bits per heavy atom. The van der Waals surface area contributed by atoms with Crippen molar-refractivity contribution in [2.45, 2.75) is 65.1 Å². The molecule has 49 heavy (non-hydrogen) atoms. The van der Waals surface area contributed by atoms with Crippen molar-refractivity contribution in [1.82, 2.24) is 19.4 Å². The monoisotopic (exact) mass is 681 g/mol. The number of amides is 1. The number of ether oxygens (including phenoxy) is 1. The van der Waals surface area contributed by atoms with Crippen LogP contribution in [0.1, 0.15) is 54.0 Å². The average molecular weight is 682 g/mol. The van der Waals surface area contributed by atoms with Gasteiger partial charge in [-0.1, -0.05) is 65.7 Å². The maximum Gasteiger partial charge on any atom is 0.281 e. The van der Waals surface area contributed by atoms with Crippen molar-refractivity contribution in [3.63, 3.8) is 0 Å². The van der Waals surface area contributed by atoms with Crippen LogP contribution in [0.15, 0.2) is 59.5 Å². The van der Waals surface area contributed by atoms with Crippen molar-refractivity contribution in [3.8, 4) is 22.9 Å². The average Bonchev–Trinajstić information content (AvgIpc) is 3.05. The molecule has 4 aromatic rings. The molecule has 0 aliphatic carbocycles. The number of anilines is 4. The predicted octanol–water partition coefficient (Wildman–Crippen LogP) is 7.06. The first-order valence-corrected chi connectivity index (χ1v) is 19.1. The van der Waals surface area contributed by atoms with Gasteiger partial charge in [0.25, 0.3) is 5.56 Å². The van der Waals surface area contributed by atoms with Crippen LogP contribution in [-0.4, -0.2) is 74.8 Å². The summed E-state index contributed by atoms with van der Waals surface area (Å²) < 4.78 is 7.27. The van der Waals surface area contributed by atoms with Crippen LogP contribution in [0, 0.1) is 11.5 Å². The molecule has 0 radical (unpaired) electrons. The molecule has 0 atom stereocenters. The molecule has 2 aromatic heterocycles. The molecule has 0 saturated heterocycles. The Hall–Kier alpha value is -4.66. The molecule has 0 saturated carbocycles. The van der Waals surface area contributed by atoms with Gasteiger partial charge in [0.05, 0.1) is 29.4 Å². The van der Waals surface area contributed by atoms with Crippen LogP contribution in [0.4, 0.5) is 23.0 Å². The minimum atomic E-state index is -2.21. The number of benzene rings is 2. The van der Waals surface area contributed by atoms with Crippen LogP contribution >= 0.6 is 0 Å². The highest BCUT2D eigenvalue weighted by molar-refractivity contribution is 6.90. The summed E-state index contributed by atoms with van der Waals surface area (Å²) in [5, 5.41) is 6.69. The maximum absolute atomic E-state index is 14.4. The molecule has 4 rings (SSSR count). The lowest BCUT2D eigenvalue weighted by atomic mass is 10.1. The topological polar surface area (TPSA) is 105 Å². The van der Waals surface area contributed by atoms with E-state index in [1.54, 1.807) is 13.3 Å². The number of hydrogen-bond donors (Lipinski definition) is 2. The van der Waals surface area contributed by atoms with Gasteiger partial charge in [-0.2, -0.15) is 4.98 Å². The molecule has 2 aromatic carbocycles. The second-order valence-corrected chi connectivity index (χ2v) is 19.3. The van der Waals surface area contributed by atoms with Gasteiger partial charge in [0.15, 0.2) is 5.65 Å². The Labute approximate surface area is 291 Å². The summed E-state index contributed by atoms with van der Waals surface area (Å²) in [4.78, 5) is 40.9. The summed E-state index contributed by atoms with van der Waals surface area (Å²) >= 11 is 0. The van der Waals surface area contributed by atoms with Crippen molar-refractivity contribution in [3.05, 3.63) is 70.6 Å². The van der Waals surface area contributed by atoms with E-state index in [0.717, 1.165) is 18.8 Å². The third kappa shape index (κ3) is 7.98. The van der Waals surface area contributed by atoms with Crippen molar-refractivity contribution >= 4 is 48.0 Å². The Balaban J connectivity index is 1.96. The van der Waals surface area contributed by atoms with Gasteiger partial charge in [0, 0.05) is 45.0 Å². The van der Waals surface area contributed by atoms with Crippen LogP contribution in [0.5, 0.6) is 5.75 Å². The number of nitrogens with one attached hydrogen (secondary N) is 2. The van der Waals surface area contributed by atoms with Gasteiger partial charge < -0.3 is 25.2 Å². The molecular formula is C38H51N7O3Si. The number of pyridine rings is 1. The molecule has 0 fully saturated rings. The SMILES string of the molecule is COc1cc(N(C)CCN(C)C)ccc1Nc1ncc2c(C#C[Si](C(C)C)(C(C)C)C(C)C)c(NC(C)=O)c(=O)n(-c3ccccc3)c2n1. The number of para-hydroxylation sites is 1. The fourth-order valence-corrected chi connectivity index (χ4v) is 11.9. The fraction of sp³-hybridized carbons (Fsp3) is 0.421. The van der Waals surface area contributed by atoms with Gasteiger partial charge in [0.1, 0.15) is 19.5 Å². The second-order valence-electron chi connectivity index (χ2n) is 13.7. The fourth-order valence-electron chi connectivity index (χ4n) is 6.69. The van der Waals surface area contributed by atoms with E-state index in [4.69, 9.17) is 14.7 Å². The molecule has 2 heterocycles. The van der Waals surface area contributed by atoms with Crippen molar-refractivity contribution < 1.29 is 9.53 Å². The van der Waals surface area contributed by atoms with Crippen molar-refractivity contribution in [2.75, 3.05) is 56.9 Å². The third-order valence-electron chi connectivity index (χ3n) is 9.26. The number of methoxy groups -OCH3 is 1. The molecule has 0 aliphatic rings. The van der Waals surface area contributed by atoms with Gasteiger partial charge in [0.2, 0.25) is 11.9 Å². The van der Waals surface area contributed by atoms with E-state index in [2.05, 4.69) is 87.5 Å². The third-order valence-corrected chi connectivity index (χ3v) is 15.5. The number of aromatic nitrogens is 3. The highest BCUT2D eigenvalue weighted by Crippen LogP contribution is 2.41. The summed E-state index contributed by atoms with van der Waals surface area (Å²) in [6.07, 6.45) is 1.68. The maximum atomic E-state index is 14.4. The minimum Gasteiger partial charge on any atom is -0.494 e. The van der Waals surface area contributed by atoms with E-state index in [-0.39, 0.29) is 17.5 Å². The van der Waals surface area contributed by atoms with Crippen molar-refractivity contribution in [2.24, 2.45) is 0 Å². The van der Waals surface area contributed by atoms with Crippen LogP contribution in [0.3, 0.4) is 0 Å². The Morgan fingerprint density at radius 1 is 0.980 bits per heavy atom. The molecule has 0 spiro atoms. The molecule has 10 nitrogen and oxygen atoms in total. The number of hydrogen-bond acceptors (Lipinski definition) is 8. The summed E-state index contributed by atoms with van der Waals surface area (Å²) in [6.45, 7) is 16.6. The molecule has 0 bridgehead atoms. The number of fused-ring (bicyclic) bond motifs is 1. The van der Waals surface area contributed by atoms with Crippen LogP contribution in [0.25, 0.3) is 16.7 Å². The molecule has 0 unspecified atom stereocenters. The first-order chi connectivity index (χ1) is 23.2. The Bertz CT molecular complexity index is 1890. The smallest absolute Gasteiger partial charge is 0.281 e. The summed E-state index contributed by atoms with van der Waals surface area (Å²) in [7, 11) is 5.57. The minimum absolute atomic E-state index is 0.121. The largest absolute Gasteiger partial charge is 0.494 e.